The number of halogens is 1. The zero-order valence-electron chi connectivity index (χ0n) is 7.34. The number of cyclic esters (lactones) is 1. The first-order chi connectivity index (χ1) is 5.59. The maximum Gasteiger partial charge on any atom is 0.306 e. The van der Waals surface area contributed by atoms with E-state index >= 15 is 0 Å². The summed E-state index contributed by atoms with van der Waals surface area (Å²) in [6.45, 7) is 4.19. The van der Waals surface area contributed by atoms with Crippen molar-refractivity contribution in [3.05, 3.63) is 10.6 Å². The average molecular weight is 233 g/mol. The molecule has 1 heterocycles. The predicted molar refractivity (Wildman–Crippen MR) is 51.0 cm³/mol. The van der Waals surface area contributed by atoms with E-state index in [9.17, 15) is 4.79 Å². The van der Waals surface area contributed by atoms with Crippen molar-refractivity contribution in [1.82, 2.24) is 0 Å². The van der Waals surface area contributed by atoms with Crippen molar-refractivity contribution in [2.75, 3.05) is 0 Å². The molecule has 3 heteroatoms. The first-order valence-corrected chi connectivity index (χ1v) is 4.95. The zero-order valence-corrected chi connectivity index (χ0v) is 8.93. The van der Waals surface area contributed by atoms with E-state index in [1.807, 2.05) is 0 Å². The number of esters is 1. The first kappa shape index (κ1) is 9.78. The minimum Gasteiger partial charge on any atom is -0.457 e. The molecule has 0 bridgehead atoms. The second kappa shape index (κ2) is 4.08. The smallest absolute Gasteiger partial charge is 0.306 e. The molecule has 1 rings (SSSR count). The fraction of sp³-hybridized carbons (Fsp3) is 0.667. The summed E-state index contributed by atoms with van der Waals surface area (Å²) in [5.41, 5.74) is 0. The summed E-state index contributed by atoms with van der Waals surface area (Å²) in [6, 6.07) is 0. The number of hydrogen-bond acceptors (Lipinski definition) is 2. The lowest BCUT2D eigenvalue weighted by atomic mass is 10.1. The van der Waals surface area contributed by atoms with E-state index < -0.39 is 0 Å². The zero-order chi connectivity index (χ0) is 9.14. The second-order valence-electron chi connectivity index (χ2n) is 3.31. The average Bonchev–Trinajstić information content (AvgIpc) is 2.34. The van der Waals surface area contributed by atoms with E-state index in [0.29, 0.717) is 12.3 Å². The van der Waals surface area contributed by atoms with Gasteiger partial charge >= 0.3 is 5.97 Å². The lowest BCUT2D eigenvalue weighted by molar-refractivity contribution is -0.140. The normalized spacial score (nSPS) is 24.8. The number of allylic oxidation sites excluding steroid dienone is 1. The van der Waals surface area contributed by atoms with E-state index in [0.717, 1.165) is 10.9 Å². The fourth-order valence-corrected chi connectivity index (χ4v) is 2.00. The number of carbonyl (C=O) groups is 1. The summed E-state index contributed by atoms with van der Waals surface area (Å²) in [6.07, 6.45) is 3.40. The van der Waals surface area contributed by atoms with Gasteiger partial charge in [-0.05, 0) is 12.3 Å². The van der Waals surface area contributed by atoms with Crippen LogP contribution in [0.25, 0.3) is 0 Å². The number of carbonyl (C=O) groups excluding carboxylic acids is 1. The summed E-state index contributed by atoms with van der Waals surface area (Å²) in [4.78, 5) is 10.8. The van der Waals surface area contributed by atoms with Crippen molar-refractivity contribution in [3.63, 3.8) is 0 Å². The van der Waals surface area contributed by atoms with Gasteiger partial charge in [-0.2, -0.15) is 0 Å². The van der Waals surface area contributed by atoms with Crippen LogP contribution in [0.4, 0.5) is 0 Å². The van der Waals surface area contributed by atoms with E-state index in [1.165, 1.54) is 0 Å². The summed E-state index contributed by atoms with van der Waals surface area (Å²) >= 11 is 3.42. The third-order valence-electron chi connectivity index (χ3n) is 1.68. The van der Waals surface area contributed by atoms with E-state index in [1.54, 1.807) is 0 Å². The highest BCUT2D eigenvalue weighted by molar-refractivity contribution is 9.11. The molecule has 0 aromatic carbocycles. The number of ether oxygens (including phenoxy) is 1. The van der Waals surface area contributed by atoms with Crippen LogP contribution in [0.1, 0.15) is 26.7 Å². The number of hydrogen-bond donors (Lipinski definition) is 0. The molecule has 0 amide bonds. The minimum absolute atomic E-state index is 0.0279. The summed E-state index contributed by atoms with van der Waals surface area (Å²) in [5.74, 6) is 0.396. The Morgan fingerprint density at radius 2 is 2.42 bits per heavy atom. The van der Waals surface area contributed by atoms with Crippen molar-refractivity contribution in [2.24, 2.45) is 5.92 Å². The van der Waals surface area contributed by atoms with Crippen molar-refractivity contribution in [2.45, 2.75) is 32.8 Å². The molecule has 1 saturated heterocycles. The van der Waals surface area contributed by atoms with Gasteiger partial charge in [0, 0.05) is 10.9 Å². The Morgan fingerprint density at radius 3 is 2.83 bits per heavy atom. The van der Waals surface area contributed by atoms with E-state index in [4.69, 9.17) is 4.74 Å². The quantitative estimate of drug-likeness (QED) is 0.685. The van der Waals surface area contributed by atoms with Gasteiger partial charge in [-0.1, -0.05) is 35.9 Å². The molecule has 1 fully saturated rings. The van der Waals surface area contributed by atoms with Crippen LogP contribution in [0.15, 0.2) is 10.6 Å². The molecule has 0 aliphatic carbocycles. The first-order valence-electron chi connectivity index (χ1n) is 4.16. The van der Waals surface area contributed by atoms with E-state index in [-0.39, 0.29) is 12.1 Å². The van der Waals surface area contributed by atoms with Gasteiger partial charge in [0.1, 0.15) is 6.10 Å². The molecule has 1 unspecified atom stereocenters. The summed E-state index contributed by atoms with van der Waals surface area (Å²) < 4.78 is 6.07. The molecule has 0 spiro atoms. The Bertz CT molecular complexity index is 209. The van der Waals surface area contributed by atoms with Crippen LogP contribution in [0.3, 0.4) is 0 Å². The highest BCUT2D eigenvalue weighted by atomic mass is 79.9. The topological polar surface area (TPSA) is 26.3 Å². The molecule has 0 saturated carbocycles. The molecular weight excluding hydrogens is 220 g/mol. The molecule has 0 radical (unpaired) electrons. The molecule has 68 valence electrons. The molecule has 0 aromatic rings. The van der Waals surface area contributed by atoms with Gasteiger partial charge < -0.3 is 4.74 Å². The Labute approximate surface area is 81.1 Å². The van der Waals surface area contributed by atoms with Crippen molar-refractivity contribution >= 4 is 21.9 Å². The Balaban J connectivity index is 2.53. The molecule has 12 heavy (non-hydrogen) atoms. The predicted octanol–water partition coefficient (Wildman–Crippen LogP) is 2.63. The van der Waals surface area contributed by atoms with Gasteiger partial charge in [0.05, 0.1) is 0 Å². The molecule has 2 nitrogen and oxygen atoms in total. The fourth-order valence-electron chi connectivity index (χ4n) is 1.15. The number of rotatable bonds is 2. The van der Waals surface area contributed by atoms with Crippen LogP contribution >= 0.6 is 15.9 Å². The van der Waals surface area contributed by atoms with Gasteiger partial charge in [0.25, 0.3) is 0 Å². The summed E-state index contributed by atoms with van der Waals surface area (Å²) in [7, 11) is 0. The van der Waals surface area contributed by atoms with Crippen molar-refractivity contribution in [1.29, 1.82) is 0 Å². The lowest BCUT2D eigenvalue weighted by Gasteiger charge is -2.08. The monoisotopic (exact) mass is 232 g/mol. The maximum absolute atomic E-state index is 10.8. The Kier molecular flexibility index (Phi) is 3.32. The molecule has 1 aliphatic heterocycles. The minimum atomic E-state index is -0.0888. The van der Waals surface area contributed by atoms with Crippen LogP contribution in [0.2, 0.25) is 0 Å². The lowest BCUT2D eigenvalue weighted by Crippen LogP contribution is -2.07. The van der Waals surface area contributed by atoms with Crippen LogP contribution in [-0.2, 0) is 9.53 Å². The SMILES string of the molecule is CC(C)/C=C(\Br)C1CCC(=O)O1. The van der Waals surface area contributed by atoms with Gasteiger partial charge in [0.2, 0.25) is 0 Å². The van der Waals surface area contributed by atoms with E-state index in [2.05, 4.69) is 35.9 Å². The molecule has 1 aliphatic rings. The van der Waals surface area contributed by atoms with Gasteiger partial charge in [-0.3, -0.25) is 4.79 Å². The maximum atomic E-state index is 10.8. The van der Waals surface area contributed by atoms with Crippen LogP contribution in [0.5, 0.6) is 0 Å². The Morgan fingerprint density at radius 1 is 1.75 bits per heavy atom. The van der Waals surface area contributed by atoms with Crippen molar-refractivity contribution < 1.29 is 9.53 Å². The van der Waals surface area contributed by atoms with Crippen LogP contribution in [0, 0.1) is 5.92 Å². The van der Waals surface area contributed by atoms with Gasteiger partial charge in [-0.15, -0.1) is 0 Å². The van der Waals surface area contributed by atoms with Crippen molar-refractivity contribution in [3.8, 4) is 0 Å². The molecule has 0 aromatic heterocycles. The standard InChI is InChI=1S/C9H13BrO2/c1-6(2)5-7(10)8-3-4-9(11)12-8/h5-6,8H,3-4H2,1-2H3/b7-5-. The second-order valence-corrected chi connectivity index (χ2v) is 4.23. The highest BCUT2D eigenvalue weighted by Crippen LogP contribution is 2.26. The molecule has 1 atom stereocenters. The van der Waals surface area contributed by atoms with Gasteiger partial charge in [-0.25, -0.2) is 0 Å². The summed E-state index contributed by atoms with van der Waals surface area (Å²) in [5, 5.41) is 0. The van der Waals surface area contributed by atoms with Gasteiger partial charge in [0.15, 0.2) is 0 Å². The highest BCUT2D eigenvalue weighted by Gasteiger charge is 2.25. The van der Waals surface area contributed by atoms with Crippen LogP contribution < -0.4 is 0 Å². The largest absolute Gasteiger partial charge is 0.457 e. The molecule has 0 N–H and O–H groups in total. The van der Waals surface area contributed by atoms with Crippen LogP contribution in [-0.4, -0.2) is 12.1 Å². The third kappa shape index (κ3) is 2.63. The third-order valence-corrected chi connectivity index (χ3v) is 2.46. The Hall–Kier alpha value is -0.310. The molecular formula is C9H13BrO2.